The Kier molecular flexibility index (Phi) is 5.53. The molecule has 0 saturated carbocycles. The van der Waals surface area contributed by atoms with Crippen LogP contribution in [0.15, 0.2) is 24.7 Å². The molecule has 2 saturated heterocycles. The molecule has 1 unspecified atom stereocenters. The average molecular weight is 378 g/mol. The molecule has 2 aromatic rings. The standard InChI is InChI=1S/C20H26N8/c1-27(16-5-4-6-22-12-16)17-9-19(25-13-18(17)28-7-2-3-8-28)26-20-14-23-15(10-21)11-24-20/h9,11,13-14,16,22H,2-8,12H2,1H3,(H,24,25,26). The molecule has 4 heterocycles. The van der Waals surface area contributed by atoms with E-state index in [0.717, 1.165) is 32.0 Å². The zero-order valence-electron chi connectivity index (χ0n) is 16.2. The van der Waals surface area contributed by atoms with Crippen LogP contribution in [-0.4, -0.2) is 54.2 Å². The lowest BCUT2D eigenvalue weighted by atomic mass is 10.1. The van der Waals surface area contributed by atoms with Gasteiger partial charge in [0.15, 0.2) is 5.69 Å². The number of aromatic nitrogens is 3. The van der Waals surface area contributed by atoms with Gasteiger partial charge in [0.05, 0.1) is 30.0 Å². The minimum absolute atomic E-state index is 0.299. The van der Waals surface area contributed by atoms with Gasteiger partial charge in [-0.25, -0.2) is 15.0 Å². The summed E-state index contributed by atoms with van der Waals surface area (Å²) in [7, 11) is 2.18. The Balaban J connectivity index is 1.61. The molecule has 2 aliphatic rings. The zero-order valence-corrected chi connectivity index (χ0v) is 16.2. The molecule has 146 valence electrons. The van der Waals surface area contributed by atoms with E-state index in [9.17, 15) is 0 Å². The van der Waals surface area contributed by atoms with Crippen LogP contribution in [0.2, 0.25) is 0 Å². The number of nitrogens with one attached hydrogen (secondary N) is 2. The summed E-state index contributed by atoms with van der Waals surface area (Å²) in [6.07, 6.45) is 9.84. The second-order valence-electron chi connectivity index (χ2n) is 7.39. The van der Waals surface area contributed by atoms with E-state index in [2.05, 4.69) is 48.5 Å². The normalized spacial score (nSPS) is 19.3. The van der Waals surface area contributed by atoms with Crippen LogP contribution >= 0.6 is 0 Å². The highest BCUT2D eigenvalue weighted by Gasteiger charge is 2.24. The third-order valence-corrected chi connectivity index (χ3v) is 5.53. The maximum atomic E-state index is 8.87. The monoisotopic (exact) mass is 378 g/mol. The Morgan fingerprint density at radius 2 is 1.96 bits per heavy atom. The van der Waals surface area contributed by atoms with Crippen molar-refractivity contribution >= 4 is 23.0 Å². The van der Waals surface area contributed by atoms with Gasteiger partial charge < -0.3 is 20.4 Å². The van der Waals surface area contributed by atoms with Crippen LogP contribution in [0.5, 0.6) is 0 Å². The molecule has 8 heteroatoms. The largest absolute Gasteiger partial charge is 0.369 e. The average Bonchev–Trinajstić information content (AvgIpc) is 3.29. The van der Waals surface area contributed by atoms with Crippen molar-refractivity contribution in [3.63, 3.8) is 0 Å². The van der Waals surface area contributed by atoms with Crippen molar-refractivity contribution in [1.82, 2.24) is 20.3 Å². The van der Waals surface area contributed by atoms with Crippen LogP contribution in [-0.2, 0) is 0 Å². The lowest BCUT2D eigenvalue weighted by Crippen LogP contribution is -2.44. The highest BCUT2D eigenvalue weighted by atomic mass is 15.2. The first-order chi connectivity index (χ1) is 13.7. The van der Waals surface area contributed by atoms with Crippen LogP contribution < -0.4 is 20.4 Å². The van der Waals surface area contributed by atoms with Crippen LogP contribution in [0.3, 0.4) is 0 Å². The van der Waals surface area contributed by atoms with Crippen molar-refractivity contribution in [3.05, 3.63) is 30.4 Å². The summed E-state index contributed by atoms with van der Waals surface area (Å²) in [6.45, 7) is 4.27. The minimum Gasteiger partial charge on any atom is -0.369 e. The van der Waals surface area contributed by atoms with Gasteiger partial charge in [-0.2, -0.15) is 5.26 Å². The van der Waals surface area contributed by atoms with Gasteiger partial charge in [0.25, 0.3) is 0 Å². The quantitative estimate of drug-likeness (QED) is 0.819. The van der Waals surface area contributed by atoms with Crippen molar-refractivity contribution < 1.29 is 0 Å². The maximum absolute atomic E-state index is 8.87. The summed E-state index contributed by atoms with van der Waals surface area (Å²) < 4.78 is 0. The number of rotatable bonds is 5. The predicted molar refractivity (Wildman–Crippen MR) is 110 cm³/mol. The molecule has 0 spiro atoms. The molecule has 28 heavy (non-hydrogen) atoms. The Morgan fingerprint density at radius 1 is 1.14 bits per heavy atom. The molecule has 2 fully saturated rings. The molecular weight excluding hydrogens is 352 g/mol. The summed E-state index contributed by atoms with van der Waals surface area (Å²) in [5, 5.41) is 15.6. The van der Waals surface area contributed by atoms with Gasteiger partial charge >= 0.3 is 0 Å². The smallest absolute Gasteiger partial charge is 0.158 e. The van der Waals surface area contributed by atoms with Gasteiger partial charge in [-0.1, -0.05) is 0 Å². The lowest BCUT2D eigenvalue weighted by molar-refractivity contribution is 0.445. The molecule has 0 bridgehead atoms. The Labute approximate surface area is 165 Å². The van der Waals surface area contributed by atoms with Gasteiger partial charge in [0.2, 0.25) is 0 Å². The van der Waals surface area contributed by atoms with Gasteiger partial charge in [-0.05, 0) is 32.2 Å². The molecular formula is C20H26N8. The van der Waals surface area contributed by atoms with E-state index < -0.39 is 0 Å². The van der Waals surface area contributed by atoms with E-state index >= 15 is 0 Å². The van der Waals surface area contributed by atoms with E-state index in [1.165, 1.54) is 43.3 Å². The molecule has 0 amide bonds. The minimum atomic E-state index is 0.299. The van der Waals surface area contributed by atoms with Crippen LogP contribution in [0.1, 0.15) is 31.4 Å². The zero-order chi connectivity index (χ0) is 19.3. The Morgan fingerprint density at radius 3 is 2.64 bits per heavy atom. The highest BCUT2D eigenvalue weighted by Crippen LogP contribution is 2.34. The van der Waals surface area contributed by atoms with Crippen molar-refractivity contribution in [2.24, 2.45) is 0 Å². The van der Waals surface area contributed by atoms with E-state index in [-0.39, 0.29) is 0 Å². The molecule has 0 aliphatic carbocycles. The molecule has 2 N–H and O–H groups in total. The van der Waals surface area contributed by atoms with Crippen molar-refractivity contribution in [1.29, 1.82) is 5.26 Å². The number of nitrogens with zero attached hydrogens (tertiary/aromatic N) is 6. The lowest BCUT2D eigenvalue weighted by Gasteiger charge is -2.36. The Bertz CT molecular complexity index is 832. The van der Waals surface area contributed by atoms with E-state index in [4.69, 9.17) is 5.26 Å². The van der Waals surface area contributed by atoms with Crippen LogP contribution in [0.4, 0.5) is 23.0 Å². The molecule has 8 nitrogen and oxygen atoms in total. The molecule has 2 aliphatic heterocycles. The molecule has 2 aromatic heterocycles. The molecule has 0 radical (unpaired) electrons. The first-order valence-electron chi connectivity index (χ1n) is 9.92. The number of hydrogen-bond acceptors (Lipinski definition) is 8. The summed E-state index contributed by atoms with van der Waals surface area (Å²) in [5.74, 6) is 1.31. The number of nitriles is 1. The van der Waals surface area contributed by atoms with Gasteiger partial charge in [-0.15, -0.1) is 0 Å². The first-order valence-corrected chi connectivity index (χ1v) is 9.92. The number of hydrogen-bond donors (Lipinski definition) is 2. The van der Waals surface area contributed by atoms with Crippen molar-refractivity contribution in [2.75, 3.05) is 48.3 Å². The number of pyridine rings is 1. The number of anilines is 4. The van der Waals surface area contributed by atoms with Gasteiger partial charge in [-0.3, -0.25) is 0 Å². The van der Waals surface area contributed by atoms with Gasteiger partial charge in [0.1, 0.15) is 17.7 Å². The topological polar surface area (TPSA) is 93.0 Å². The van der Waals surface area contributed by atoms with Crippen molar-refractivity contribution in [3.8, 4) is 6.07 Å². The fourth-order valence-electron chi connectivity index (χ4n) is 3.93. The summed E-state index contributed by atoms with van der Waals surface area (Å²) >= 11 is 0. The third-order valence-electron chi connectivity index (χ3n) is 5.53. The molecule has 0 aromatic carbocycles. The van der Waals surface area contributed by atoms with Crippen molar-refractivity contribution in [2.45, 2.75) is 31.7 Å². The maximum Gasteiger partial charge on any atom is 0.158 e. The summed E-state index contributed by atoms with van der Waals surface area (Å²) in [5.41, 5.74) is 2.69. The summed E-state index contributed by atoms with van der Waals surface area (Å²) in [6, 6.07) is 4.55. The van der Waals surface area contributed by atoms with E-state index in [1.54, 1.807) is 6.20 Å². The fraction of sp³-hybridized carbons (Fsp3) is 0.500. The van der Waals surface area contributed by atoms with E-state index in [0.29, 0.717) is 17.6 Å². The second kappa shape index (κ2) is 8.40. The third kappa shape index (κ3) is 3.99. The number of piperidine rings is 1. The fourth-order valence-corrected chi connectivity index (χ4v) is 3.93. The Hall–Kier alpha value is -2.92. The predicted octanol–water partition coefficient (Wildman–Crippen LogP) is 2.28. The SMILES string of the molecule is CN(c1cc(Nc2cnc(C#N)cn2)ncc1N1CCCC1)C1CCCNC1. The van der Waals surface area contributed by atoms with E-state index in [1.807, 2.05) is 12.3 Å². The molecule has 4 rings (SSSR count). The molecule has 1 atom stereocenters. The highest BCUT2D eigenvalue weighted by molar-refractivity contribution is 5.75. The van der Waals surface area contributed by atoms with Crippen LogP contribution in [0.25, 0.3) is 0 Å². The summed E-state index contributed by atoms with van der Waals surface area (Å²) in [4.78, 5) is 17.7. The second-order valence-corrected chi connectivity index (χ2v) is 7.39. The van der Waals surface area contributed by atoms with Gasteiger partial charge in [0, 0.05) is 38.8 Å². The van der Waals surface area contributed by atoms with Crippen LogP contribution in [0, 0.1) is 11.3 Å². The number of likely N-dealkylation sites (N-methyl/N-ethyl adjacent to an activating group) is 1. The first kappa shape index (κ1) is 18.4.